The van der Waals surface area contributed by atoms with Crippen LogP contribution >= 0.6 is 0 Å². The first-order chi connectivity index (χ1) is 19.9. The van der Waals surface area contributed by atoms with E-state index in [2.05, 4.69) is 6.92 Å². The summed E-state index contributed by atoms with van der Waals surface area (Å²) < 4.78 is 11.0. The fourth-order valence-corrected chi connectivity index (χ4v) is 6.38. The summed E-state index contributed by atoms with van der Waals surface area (Å²) in [6, 6.07) is 12.7. The molecule has 0 spiro atoms. The number of amides is 2. The maximum Gasteiger partial charge on any atom is 0.308 e. The number of hydrogen-bond acceptors (Lipinski definition) is 7. The molecule has 2 amide bonds. The van der Waals surface area contributed by atoms with E-state index in [1.807, 2.05) is 52.3 Å². The van der Waals surface area contributed by atoms with Gasteiger partial charge in [-0.25, -0.2) is 0 Å². The minimum atomic E-state index is -0.908. The largest absolute Gasteiger partial charge is 0.481 e. The Morgan fingerprint density at radius 2 is 1.88 bits per heavy atom. The van der Waals surface area contributed by atoms with Gasteiger partial charge in [0.25, 0.3) is 5.91 Å². The van der Waals surface area contributed by atoms with Crippen molar-refractivity contribution in [3.05, 3.63) is 59.2 Å². The summed E-state index contributed by atoms with van der Waals surface area (Å²) in [5.41, 5.74) is 8.27. The number of unbranched alkanes of at least 4 members (excludes halogenated alkanes) is 1. The van der Waals surface area contributed by atoms with Crippen molar-refractivity contribution in [1.29, 1.82) is 0 Å². The molecule has 220 valence electrons. The van der Waals surface area contributed by atoms with Crippen LogP contribution in [0.1, 0.15) is 60.0 Å². The Morgan fingerprint density at radius 1 is 1.10 bits per heavy atom. The summed E-state index contributed by atoms with van der Waals surface area (Å²) in [6.45, 7) is 5.43. The monoisotopic (exact) mass is 564 g/mol. The van der Waals surface area contributed by atoms with E-state index in [1.165, 1.54) is 0 Å². The van der Waals surface area contributed by atoms with Crippen LogP contribution in [0.25, 0.3) is 0 Å². The van der Waals surface area contributed by atoms with E-state index in [4.69, 9.17) is 15.2 Å². The average Bonchev–Trinajstić information content (AvgIpc) is 3.67. The standard InChI is InChI=1S/C31H40N4O6/c1-2-3-13-33(14-6-12-32)28(36)19-35-18-24(21-9-10-26-27(16-21)41-20-40-26)29(31(38)39)25(35)11-15-34-17-22-7-4-5-8-23(22)30(34)37/h4-5,7-10,16,24-25,29H,2-3,6,11-15,17-20,32H2,1H3,(H,38,39)/t24-,25+,29-/m1/s1. The predicted molar refractivity (Wildman–Crippen MR) is 153 cm³/mol. The van der Waals surface area contributed by atoms with E-state index in [0.717, 1.165) is 24.0 Å². The SMILES string of the molecule is CCCCN(CCCN)C(=O)CN1C[C@H](c2ccc3c(c2)OCO3)[C@@H](C(=O)O)[C@@H]1CCN1Cc2ccccc2C1=O. The van der Waals surface area contributed by atoms with Gasteiger partial charge in [0.15, 0.2) is 11.5 Å². The molecular formula is C31H40N4O6. The second-order valence-corrected chi connectivity index (χ2v) is 11.1. The maximum absolute atomic E-state index is 13.6. The van der Waals surface area contributed by atoms with Gasteiger partial charge in [-0.15, -0.1) is 0 Å². The zero-order valence-corrected chi connectivity index (χ0v) is 23.7. The molecule has 0 aliphatic carbocycles. The number of hydrogen-bond donors (Lipinski definition) is 2. The number of rotatable bonds is 13. The molecule has 3 N–H and O–H groups in total. The molecule has 41 heavy (non-hydrogen) atoms. The molecule has 1 fully saturated rings. The van der Waals surface area contributed by atoms with Crippen molar-refractivity contribution in [3.63, 3.8) is 0 Å². The minimum Gasteiger partial charge on any atom is -0.481 e. The Kier molecular flexibility index (Phi) is 9.09. The van der Waals surface area contributed by atoms with Crippen LogP contribution in [-0.4, -0.2) is 89.7 Å². The van der Waals surface area contributed by atoms with Crippen molar-refractivity contribution in [2.75, 3.05) is 46.1 Å². The summed E-state index contributed by atoms with van der Waals surface area (Å²) in [4.78, 5) is 45.2. The van der Waals surface area contributed by atoms with Crippen molar-refractivity contribution in [2.24, 2.45) is 11.7 Å². The average molecular weight is 565 g/mol. The second kappa shape index (κ2) is 12.9. The lowest BCUT2D eigenvalue weighted by atomic mass is 9.84. The zero-order valence-electron chi connectivity index (χ0n) is 23.7. The second-order valence-electron chi connectivity index (χ2n) is 11.1. The number of carbonyl (C=O) groups is 3. The first kappa shape index (κ1) is 28.9. The molecule has 2 aromatic rings. The molecule has 0 unspecified atom stereocenters. The van der Waals surface area contributed by atoms with Gasteiger partial charge in [-0.05, 0) is 55.1 Å². The molecule has 3 aliphatic heterocycles. The lowest BCUT2D eigenvalue weighted by Crippen LogP contribution is -2.46. The van der Waals surface area contributed by atoms with Crippen LogP contribution in [-0.2, 0) is 16.1 Å². The maximum atomic E-state index is 13.6. The van der Waals surface area contributed by atoms with Gasteiger partial charge in [-0.2, -0.15) is 0 Å². The molecule has 10 heteroatoms. The number of likely N-dealkylation sites (tertiary alicyclic amines) is 1. The molecule has 1 saturated heterocycles. The predicted octanol–water partition coefficient (Wildman–Crippen LogP) is 2.91. The van der Waals surface area contributed by atoms with Crippen LogP contribution in [0.4, 0.5) is 0 Å². The van der Waals surface area contributed by atoms with E-state index in [9.17, 15) is 19.5 Å². The van der Waals surface area contributed by atoms with E-state index >= 15 is 0 Å². The summed E-state index contributed by atoms with van der Waals surface area (Å²) in [5, 5.41) is 10.5. The van der Waals surface area contributed by atoms with Gasteiger partial charge in [0.2, 0.25) is 12.7 Å². The van der Waals surface area contributed by atoms with E-state index in [1.54, 1.807) is 4.90 Å². The molecule has 5 rings (SSSR count). The van der Waals surface area contributed by atoms with Crippen molar-refractivity contribution >= 4 is 17.8 Å². The van der Waals surface area contributed by atoms with Crippen LogP contribution < -0.4 is 15.2 Å². The van der Waals surface area contributed by atoms with Crippen LogP contribution in [0.2, 0.25) is 0 Å². The topological polar surface area (TPSA) is 126 Å². The number of nitrogens with two attached hydrogens (primary N) is 1. The number of carbonyl (C=O) groups excluding carboxylic acids is 2. The molecule has 0 saturated carbocycles. The lowest BCUT2D eigenvalue weighted by molar-refractivity contribution is -0.144. The number of nitrogens with zero attached hydrogens (tertiary/aromatic N) is 3. The third kappa shape index (κ3) is 6.18. The number of ether oxygens (including phenoxy) is 2. The summed E-state index contributed by atoms with van der Waals surface area (Å²) in [6.07, 6.45) is 3.03. The Bertz CT molecular complexity index is 1260. The zero-order chi connectivity index (χ0) is 28.9. The third-order valence-electron chi connectivity index (χ3n) is 8.55. The quantitative estimate of drug-likeness (QED) is 0.381. The normalized spacial score (nSPS) is 21.4. The van der Waals surface area contributed by atoms with Gasteiger partial charge in [0, 0.05) is 50.2 Å². The van der Waals surface area contributed by atoms with Gasteiger partial charge >= 0.3 is 5.97 Å². The molecule has 0 aromatic heterocycles. The number of aliphatic carboxylic acids is 1. The molecule has 10 nitrogen and oxygen atoms in total. The Balaban J connectivity index is 1.39. The molecule has 3 heterocycles. The number of fused-ring (bicyclic) bond motifs is 2. The number of carboxylic acids is 1. The number of carboxylic acid groups (broad SMARTS) is 1. The van der Waals surface area contributed by atoms with Gasteiger partial charge < -0.3 is 30.1 Å². The lowest BCUT2D eigenvalue weighted by Gasteiger charge is -2.30. The first-order valence-electron chi connectivity index (χ1n) is 14.6. The van der Waals surface area contributed by atoms with Gasteiger partial charge in [0.1, 0.15) is 0 Å². The Morgan fingerprint density at radius 3 is 2.63 bits per heavy atom. The van der Waals surface area contributed by atoms with Gasteiger partial charge in [-0.1, -0.05) is 37.6 Å². The minimum absolute atomic E-state index is 0.0166. The molecule has 3 atom stereocenters. The highest BCUT2D eigenvalue weighted by atomic mass is 16.7. The summed E-state index contributed by atoms with van der Waals surface area (Å²) in [7, 11) is 0. The highest BCUT2D eigenvalue weighted by molar-refractivity contribution is 5.98. The smallest absolute Gasteiger partial charge is 0.308 e. The van der Waals surface area contributed by atoms with Crippen LogP contribution in [0.15, 0.2) is 42.5 Å². The fourth-order valence-electron chi connectivity index (χ4n) is 6.38. The van der Waals surface area contributed by atoms with Gasteiger partial charge in [-0.3, -0.25) is 19.3 Å². The Hall–Kier alpha value is -3.63. The Labute approximate surface area is 241 Å². The van der Waals surface area contributed by atoms with E-state index in [0.29, 0.717) is 69.2 Å². The van der Waals surface area contributed by atoms with Crippen molar-refractivity contribution < 1.29 is 29.0 Å². The van der Waals surface area contributed by atoms with Crippen molar-refractivity contribution in [1.82, 2.24) is 14.7 Å². The molecule has 2 aromatic carbocycles. The van der Waals surface area contributed by atoms with Crippen molar-refractivity contribution in [2.45, 2.75) is 51.1 Å². The summed E-state index contributed by atoms with van der Waals surface area (Å²) in [5.74, 6) is -0.818. The molecular weight excluding hydrogens is 524 g/mol. The fraction of sp³-hybridized carbons (Fsp3) is 0.516. The number of benzene rings is 2. The highest BCUT2D eigenvalue weighted by Crippen LogP contribution is 2.43. The summed E-state index contributed by atoms with van der Waals surface area (Å²) >= 11 is 0. The van der Waals surface area contributed by atoms with Gasteiger partial charge in [0.05, 0.1) is 12.5 Å². The van der Waals surface area contributed by atoms with Crippen molar-refractivity contribution in [3.8, 4) is 11.5 Å². The molecule has 3 aliphatic rings. The third-order valence-corrected chi connectivity index (χ3v) is 8.55. The van der Waals surface area contributed by atoms with E-state index in [-0.39, 0.29) is 31.1 Å². The van der Waals surface area contributed by atoms with Crippen LogP contribution in [0.3, 0.4) is 0 Å². The first-order valence-corrected chi connectivity index (χ1v) is 14.6. The van der Waals surface area contributed by atoms with Crippen LogP contribution in [0, 0.1) is 5.92 Å². The van der Waals surface area contributed by atoms with E-state index < -0.39 is 17.9 Å². The highest BCUT2D eigenvalue weighted by Gasteiger charge is 2.47. The van der Waals surface area contributed by atoms with Crippen LogP contribution in [0.5, 0.6) is 11.5 Å². The molecule has 0 radical (unpaired) electrons. The molecule has 0 bridgehead atoms.